The first-order chi connectivity index (χ1) is 8.58. The fraction of sp³-hybridized carbons (Fsp3) is 0.538. The molecule has 0 radical (unpaired) electrons. The van der Waals surface area contributed by atoms with Gasteiger partial charge in [0, 0.05) is 6.61 Å². The molecule has 18 heavy (non-hydrogen) atoms. The van der Waals surface area contributed by atoms with E-state index in [0.717, 1.165) is 24.8 Å². The first kappa shape index (κ1) is 13.5. The van der Waals surface area contributed by atoms with E-state index in [2.05, 4.69) is 0 Å². The summed E-state index contributed by atoms with van der Waals surface area (Å²) >= 11 is 0. The van der Waals surface area contributed by atoms with Crippen LogP contribution in [0.1, 0.15) is 24.8 Å². The zero-order valence-electron chi connectivity index (χ0n) is 10.5. The second-order valence-electron chi connectivity index (χ2n) is 4.54. The second kappa shape index (κ2) is 5.82. The maximum Gasteiger partial charge on any atom is 0.297 e. The molecule has 1 atom stereocenters. The van der Waals surface area contributed by atoms with Gasteiger partial charge in [0.25, 0.3) is 10.1 Å². The number of hydrogen-bond acceptors (Lipinski definition) is 4. The van der Waals surface area contributed by atoms with Crippen molar-refractivity contribution >= 4 is 10.1 Å². The molecule has 1 heterocycles. The van der Waals surface area contributed by atoms with Crippen molar-refractivity contribution in [3.8, 4) is 0 Å². The molecule has 0 aromatic heterocycles. The van der Waals surface area contributed by atoms with Crippen molar-refractivity contribution in [3.63, 3.8) is 0 Å². The molecule has 2 rings (SSSR count). The smallest absolute Gasteiger partial charge is 0.297 e. The fourth-order valence-electron chi connectivity index (χ4n) is 1.88. The maximum absolute atomic E-state index is 11.9. The minimum atomic E-state index is -3.66. The quantitative estimate of drug-likeness (QED) is 0.788. The molecule has 4 nitrogen and oxygen atoms in total. The van der Waals surface area contributed by atoms with Gasteiger partial charge in [-0.3, -0.25) is 4.18 Å². The number of hydrogen-bond donors (Lipinski definition) is 0. The highest BCUT2D eigenvalue weighted by atomic mass is 32.2. The summed E-state index contributed by atoms with van der Waals surface area (Å²) in [6.45, 7) is 2.71. The highest BCUT2D eigenvalue weighted by molar-refractivity contribution is 7.86. The van der Waals surface area contributed by atoms with E-state index in [1.807, 2.05) is 6.92 Å². The number of ether oxygens (including phenoxy) is 1. The van der Waals surface area contributed by atoms with E-state index in [1.54, 1.807) is 24.3 Å². The van der Waals surface area contributed by atoms with Gasteiger partial charge in [0.15, 0.2) is 0 Å². The molecular weight excluding hydrogens is 252 g/mol. The van der Waals surface area contributed by atoms with Gasteiger partial charge in [0.1, 0.15) is 0 Å². The Morgan fingerprint density at radius 2 is 2.00 bits per heavy atom. The lowest BCUT2D eigenvalue weighted by atomic mass is 10.1. The second-order valence-corrected chi connectivity index (χ2v) is 6.16. The van der Waals surface area contributed by atoms with Crippen molar-refractivity contribution in [2.75, 3.05) is 13.2 Å². The van der Waals surface area contributed by atoms with Gasteiger partial charge in [0.05, 0.1) is 17.6 Å². The Kier molecular flexibility index (Phi) is 4.37. The lowest BCUT2D eigenvalue weighted by Gasteiger charge is -2.21. The lowest BCUT2D eigenvalue weighted by molar-refractivity contribution is -0.00972. The highest BCUT2D eigenvalue weighted by Crippen LogP contribution is 2.17. The van der Waals surface area contributed by atoms with Crippen molar-refractivity contribution in [1.82, 2.24) is 0 Å². The fourth-order valence-corrected chi connectivity index (χ4v) is 2.81. The van der Waals surface area contributed by atoms with Gasteiger partial charge in [-0.25, -0.2) is 0 Å². The van der Waals surface area contributed by atoms with E-state index in [4.69, 9.17) is 8.92 Å². The average molecular weight is 270 g/mol. The van der Waals surface area contributed by atoms with Crippen LogP contribution in [0.2, 0.25) is 0 Å². The van der Waals surface area contributed by atoms with Crippen molar-refractivity contribution in [3.05, 3.63) is 29.8 Å². The van der Waals surface area contributed by atoms with E-state index < -0.39 is 10.1 Å². The van der Waals surface area contributed by atoms with Crippen LogP contribution >= 0.6 is 0 Å². The van der Waals surface area contributed by atoms with Crippen LogP contribution < -0.4 is 0 Å². The number of benzene rings is 1. The number of aryl methyl sites for hydroxylation is 1. The molecule has 0 spiro atoms. The predicted octanol–water partition coefficient (Wildman–Crippen LogP) is 2.27. The third-order valence-corrected chi connectivity index (χ3v) is 4.29. The van der Waals surface area contributed by atoms with Crippen LogP contribution in [0.25, 0.3) is 0 Å². The zero-order chi connectivity index (χ0) is 13.0. The summed E-state index contributed by atoms with van der Waals surface area (Å²) in [5.41, 5.74) is 1.02. The van der Waals surface area contributed by atoms with Gasteiger partial charge in [-0.2, -0.15) is 8.42 Å². The lowest BCUT2D eigenvalue weighted by Crippen LogP contribution is -2.26. The summed E-state index contributed by atoms with van der Waals surface area (Å²) < 4.78 is 34.3. The minimum absolute atomic E-state index is 0.0982. The monoisotopic (exact) mass is 270 g/mol. The molecular formula is C13H18O4S. The summed E-state index contributed by atoms with van der Waals surface area (Å²) in [7, 11) is -3.66. The summed E-state index contributed by atoms with van der Waals surface area (Å²) in [4.78, 5) is 0.198. The van der Waals surface area contributed by atoms with E-state index in [1.165, 1.54) is 0 Å². The first-order valence-electron chi connectivity index (χ1n) is 6.16. The average Bonchev–Trinajstić information content (AvgIpc) is 2.38. The summed E-state index contributed by atoms with van der Waals surface area (Å²) in [6, 6.07) is 6.64. The SMILES string of the molecule is Cc1ccc(S(=O)(=O)OC[C@H]2CCCCO2)cc1. The van der Waals surface area contributed by atoms with Crippen LogP contribution in [0.4, 0.5) is 0 Å². The standard InChI is InChI=1S/C13H18O4S/c1-11-5-7-13(8-6-11)18(14,15)17-10-12-4-2-3-9-16-12/h5-8,12H,2-4,9-10H2,1H3/t12-/m1/s1. The molecule has 100 valence electrons. The van der Waals surface area contributed by atoms with E-state index in [9.17, 15) is 8.42 Å². The molecule has 1 aromatic rings. The van der Waals surface area contributed by atoms with Gasteiger partial charge in [0.2, 0.25) is 0 Å². The maximum atomic E-state index is 11.9. The van der Waals surface area contributed by atoms with Gasteiger partial charge in [-0.05, 0) is 38.3 Å². The molecule has 0 N–H and O–H groups in total. The van der Waals surface area contributed by atoms with Crippen LogP contribution in [-0.4, -0.2) is 27.7 Å². The Morgan fingerprint density at radius 1 is 1.28 bits per heavy atom. The van der Waals surface area contributed by atoms with Crippen molar-refractivity contribution < 1.29 is 17.3 Å². The van der Waals surface area contributed by atoms with E-state index in [-0.39, 0.29) is 17.6 Å². The number of rotatable bonds is 4. The van der Waals surface area contributed by atoms with Crippen LogP contribution in [0.15, 0.2) is 29.2 Å². The molecule has 1 fully saturated rings. The molecule has 1 aliphatic heterocycles. The van der Waals surface area contributed by atoms with Gasteiger partial charge in [-0.1, -0.05) is 17.7 Å². The van der Waals surface area contributed by atoms with Crippen LogP contribution in [0.5, 0.6) is 0 Å². The Bertz CT molecular complexity index is 472. The minimum Gasteiger partial charge on any atom is -0.376 e. The third kappa shape index (κ3) is 3.54. The zero-order valence-corrected chi connectivity index (χ0v) is 11.3. The Balaban J connectivity index is 1.96. The van der Waals surface area contributed by atoms with Crippen molar-refractivity contribution in [2.45, 2.75) is 37.2 Å². The van der Waals surface area contributed by atoms with Crippen molar-refractivity contribution in [1.29, 1.82) is 0 Å². The normalized spacial score (nSPS) is 20.8. The van der Waals surface area contributed by atoms with Crippen molar-refractivity contribution in [2.24, 2.45) is 0 Å². The first-order valence-corrected chi connectivity index (χ1v) is 7.56. The molecule has 0 amide bonds. The van der Waals surface area contributed by atoms with Gasteiger partial charge >= 0.3 is 0 Å². The Morgan fingerprint density at radius 3 is 2.61 bits per heavy atom. The molecule has 0 saturated carbocycles. The molecule has 1 aromatic carbocycles. The molecule has 0 bridgehead atoms. The van der Waals surface area contributed by atoms with Crippen LogP contribution in [0.3, 0.4) is 0 Å². The van der Waals surface area contributed by atoms with Crippen LogP contribution in [-0.2, 0) is 19.0 Å². The van der Waals surface area contributed by atoms with Gasteiger partial charge < -0.3 is 4.74 Å². The topological polar surface area (TPSA) is 52.6 Å². The highest BCUT2D eigenvalue weighted by Gasteiger charge is 2.20. The van der Waals surface area contributed by atoms with Crippen LogP contribution in [0, 0.1) is 6.92 Å². The Labute approximate surface area is 108 Å². The summed E-state index contributed by atoms with van der Waals surface area (Å²) in [6.07, 6.45) is 2.88. The van der Waals surface area contributed by atoms with E-state index >= 15 is 0 Å². The molecule has 0 unspecified atom stereocenters. The summed E-state index contributed by atoms with van der Waals surface area (Å²) in [5, 5.41) is 0. The predicted molar refractivity (Wildman–Crippen MR) is 67.9 cm³/mol. The molecule has 1 saturated heterocycles. The summed E-state index contributed by atoms with van der Waals surface area (Å²) in [5.74, 6) is 0. The molecule has 1 aliphatic rings. The van der Waals surface area contributed by atoms with Gasteiger partial charge in [-0.15, -0.1) is 0 Å². The van der Waals surface area contributed by atoms with E-state index in [0.29, 0.717) is 6.61 Å². The molecule has 5 heteroatoms. The molecule has 0 aliphatic carbocycles. The Hall–Kier alpha value is -0.910. The largest absolute Gasteiger partial charge is 0.376 e. The third-order valence-electron chi connectivity index (χ3n) is 2.99.